The fourth-order valence-corrected chi connectivity index (χ4v) is 2.42. The quantitative estimate of drug-likeness (QED) is 0.501. The number of amides is 3. The van der Waals surface area contributed by atoms with Gasteiger partial charge in [-0.2, -0.15) is 0 Å². The van der Waals surface area contributed by atoms with Crippen molar-refractivity contribution >= 4 is 17.9 Å². The van der Waals surface area contributed by atoms with Gasteiger partial charge >= 0.3 is 12.0 Å². The number of carbonyl (C=O) groups is 3. The number of nitrogens with one attached hydrogen (secondary N) is 2. The molecule has 0 aromatic carbocycles. The van der Waals surface area contributed by atoms with Crippen molar-refractivity contribution in [1.82, 2.24) is 10.6 Å². The van der Waals surface area contributed by atoms with Gasteiger partial charge < -0.3 is 10.1 Å². The Morgan fingerprint density at radius 1 is 1.12 bits per heavy atom. The zero-order chi connectivity index (χ0) is 17.6. The van der Waals surface area contributed by atoms with Gasteiger partial charge in [0.15, 0.2) is 0 Å². The van der Waals surface area contributed by atoms with Crippen LogP contribution in [0.15, 0.2) is 23.8 Å². The Kier molecular flexibility index (Phi) is 10.2. The summed E-state index contributed by atoms with van der Waals surface area (Å²) in [5, 5.41) is 5.06. The van der Waals surface area contributed by atoms with E-state index < -0.39 is 6.03 Å². The van der Waals surface area contributed by atoms with Gasteiger partial charge in [-0.3, -0.25) is 14.9 Å². The van der Waals surface area contributed by atoms with Gasteiger partial charge in [0.05, 0.1) is 7.11 Å². The van der Waals surface area contributed by atoms with Crippen molar-refractivity contribution in [3.05, 3.63) is 23.8 Å². The van der Waals surface area contributed by atoms with Crippen LogP contribution in [-0.2, 0) is 14.3 Å². The highest BCUT2D eigenvalue weighted by Gasteiger charge is 2.12. The third-order valence-electron chi connectivity index (χ3n) is 3.84. The molecule has 1 aliphatic carbocycles. The van der Waals surface area contributed by atoms with E-state index in [0.717, 1.165) is 44.9 Å². The number of imide groups is 1. The number of unbranched alkanes of at least 4 members (excludes halogenated alkanes) is 4. The molecule has 6 heteroatoms. The van der Waals surface area contributed by atoms with Gasteiger partial charge in [0, 0.05) is 18.5 Å². The number of hydrogen-bond donors (Lipinski definition) is 2. The standard InChI is InChI=1S/C18H28N2O4/c1-24-16(21)13-9-3-2-6-10-14-19-18(23)20-17(22)15-11-7-4-5-8-12-15/h4,7,11H,2-3,5-6,8-10,12-14H2,1H3,(H2,19,20,22,23). The third kappa shape index (κ3) is 9.12. The van der Waals surface area contributed by atoms with Gasteiger partial charge in [0.1, 0.15) is 0 Å². The number of rotatable bonds is 9. The summed E-state index contributed by atoms with van der Waals surface area (Å²) in [6, 6.07) is -0.445. The van der Waals surface area contributed by atoms with Crippen LogP contribution in [0.25, 0.3) is 0 Å². The summed E-state index contributed by atoms with van der Waals surface area (Å²) in [6.45, 7) is 0.537. The van der Waals surface area contributed by atoms with Crippen LogP contribution in [-0.4, -0.2) is 31.6 Å². The predicted octanol–water partition coefficient (Wildman–Crippen LogP) is 2.99. The summed E-state index contributed by atoms with van der Waals surface area (Å²) in [5.74, 6) is -0.487. The molecule has 0 aromatic heterocycles. The van der Waals surface area contributed by atoms with Gasteiger partial charge in [-0.1, -0.05) is 37.5 Å². The molecule has 6 nitrogen and oxygen atoms in total. The van der Waals surface area contributed by atoms with E-state index in [1.807, 2.05) is 12.2 Å². The maximum atomic E-state index is 11.9. The highest BCUT2D eigenvalue weighted by atomic mass is 16.5. The molecule has 134 valence electrons. The minimum Gasteiger partial charge on any atom is -0.469 e. The lowest BCUT2D eigenvalue weighted by Crippen LogP contribution is -2.40. The highest BCUT2D eigenvalue weighted by molar-refractivity contribution is 6.03. The lowest BCUT2D eigenvalue weighted by Gasteiger charge is -2.08. The first kappa shape index (κ1) is 19.9. The molecule has 1 rings (SSSR count). The average Bonchev–Trinajstić information content (AvgIpc) is 2.86. The largest absolute Gasteiger partial charge is 0.469 e. The van der Waals surface area contributed by atoms with Gasteiger partial charge in [-0.25, -0.2) is 4.79 Å². The molecule has 24 heavy (non-hydrogen) atoms. The Balaban J connectivity index is 2.03. The van der Waals surface area contributed by atoms with E-state index in [2.05, 4.69) is 15.4 Å². The minimum absolute atomic E-state index is 0.169. The summed E-state index contributed by atoms with van der Waals surface area (Å²) in [4.78, 5) is 34.6. The number of esters is 1. The van der Waals surface area contributed by atoms with Crippen LogP contribution >= 0.6 is 0 Å². The Hall–Kier alpha value is -2.11. The normalized spacial score (nSPS) is 13.6. The predicted molar refractivity (Wildman–Crippen MR) is 92.3 cm³/mol. The molecule has 0 spiro atoms. The van der Waals surface area contributed by atoms with Crippen LogP contribution in [0.1, 0.15) is 57.8 Å². The molecule has 0 saturated heterocycles. The van der Waals surface area contributed by atoms with Crippen molar-refractivity contribution in [2.75, 3.05) is 13.7 Å². The van der Waals surface area contributed by atoms with E-state index in [4.69, 9.17) is 0 Å². The molecule has 0 unspecified atom stereocenters. The molecule has 1 aliphatic rings. The van der Waals surface area contributed by atoms with Crippen LogP contribution in [0, 0.1) is 0 Å². The van der Waals surface area contributed by atoms with Gasteiger partial charge in [0.25, 0.3) is 5.91 Å². The lowest BCUT2D eigenvalue weighted by molar-refractivity contribution is -0.140. The Bertz CT molecular complexity index is 483. The molecule has 0 radical (unpaired) electrons. The SMILES string of the molecule is COC(=O)CCCCCCCNC(=O)NC(=O)C1=CC=CCCC1. The molecular weight excluding hydrogens is 308 g/mol. The van der Waals surface area contributed by atoms with Crippen molar-refractivity contribution in [2.24, 2.45) is 0 Å². The highest BCUT2D eigenvalue weighted by Crippen LogP contribution is 2.12. The minimum atomic E-state index is -0.445. The number of urea groups is 1. The summed E-state index contributed by atoms with van der Waals surface area (Å²) < 4.78 is 4.58. The topological polar surface area (TPSA) is 84.5 Å². The van der Waals surface area contributed by atoms with Crippen LogP contribution in [0.3, 0.4) is 0 Å². The van der Waals surface area contributed by atoms with Crippen LogP contribution in [0.2, 0.25) is 0 Å². The molecule has 0 atom stereocenters. The summed E-state index contributed by atoms with van der Waals surface area (Å²) in [5.41, 5.74) is 0.643. The number of methoxy groups -OCH3 is 1. The van der Waals surface area contributed by atoms with Crippen molar-refractivity contribution in [3.8, 4) is 0 Å². The molecule has 0 heterocycles. The van der Waals surface area contributed by atoms with E-state index in [0.29, 0.717) is 25.0 Å². The zero-order valence-corrected chi connectivity index (χ0v) is 14.4. The maximum Gasteiger partial charge on any atom is 0.321 e. The molecule has 0 saturated carbocycles. The molecule has 0 aliphatic heterocycles. The third-order valence-corrected chi connectivity index (χ3v) is 3.84. The van der Waals surface area contributed by atoms with Crippen LogP contribution in [0.4, 0.5) is 4.79 Å². The maximum absolute atomic E-state index is 11.9. The summed E-state index contributed by atoms with van der Waals surface area (Å²) in [7, 11) is 1.40. The Morgan fingerprint density at radius 3 is 2.67 bits per heavy atom. The molecule has 0 bridgehead atoms. The lowest BCUT2D eigenvalue weighted by atomic mass is 10.1. The van der Waals surface area contributed by atoms with Crippen molar-refractivity contribution < 1.29 is 19.1 Å². The van der Waals surface area contributed by atoms with Crippen molar-refractivity contribution in [2.45, 2.75) is 57.8 Å². The van der Waals surface area contributed by atoms with E-state index in [1.165, 1.54) is 7.11 Å². The summed E-state index contributed by atoms with van der Waals surface area (Å²) >= 11 is 0. The second kappa shape index (κ2) is 12.3. The van der Waals surface area contributed by atoms with Crippen molar-refractivity contribution in [3.63, 3.8) is 0 Å². The molecule has 3 amide bonds. The Labute approximate surface area is 143 Å². The number of carbonyl (C=O) groups excluding carboxylic acids is 3. The van der Waals surface area contributed by atoms with Crippen molar-refractivity contribution in [1.29, 1.82) is 0 Å². The van der Waals surface area contributed by atoms with Gasteiger partial charge in [-0.05, 0) is 32.1 Å². The summed E-state index contributed by atoms with van der Waals surface area (Å²) in [6.07, 6.45) is 13.3. The monoisotopic (exact) mass is 336 g/mol. The second-order valence-corrected chi connectivity index (χ2v) is 5.82. The first-order chi connectivity index (χ1) is 11.6. The van der Waals surface area contributed by atoms with E-state index in [1.54, 1.807) is 6.08 Å². The molecule has 0 aromatic rings. The van der Waals surface area contributed by atoms with Crippen LogP contribution < -0.4 is 10.6 Å². The van der Waals surface area contributed by atoms with Crippen LogP contribution in [0.5, 0.6) is 0 Å². The average molecular weight is 336 g/mol. The fraction of sp³-hybridized carbons (Fsp3) is 0.611. The Morgan fingerprint density at radius 2 is 1.88 bits per heavy atom. The van der Waals surface area contributed by atoms with E-state index >= 15 is 0 Å². The van der Waals surface area contributed by atoms with Gasteiger partial charge in [-0.15, -0.1) is 0 Å². The molecular formula is C18H28N2O4. The first-order valence-corrected chi connectivity index (χ1v) is 8.65. The fourth-order valence-electron chi connectivity index (χ4n) is 2.42. The smallest absolute Gasteiger partial charge is 0.321 e. The number of allylic oxidation sites excluding steroid dienone is 3. The number of hydrogen-bond acceptors (Lipinski definition) is 4. The zero-order valence-electron chi connectivity index (χ0n) is 14.4. The molecule has 0 fully saturated rings. The van der Waals surface area contributed by atoms with E-state index in [-0.39, 0.29) is 11.9 Å². The van der Waals surface area contributed by atoms with Gasteiger partial charge in [0.2, 0.25) is 0 Å². The molecule has 2 N–H and O–H groups in total. The number of ether oxygens (including phenoxy) is 1. The second-order valence-electron chi connectivity index (χ2n) is 5.82. The first-order valence-electron chi connectivity index (χ1n) is 8.65. The van der Waals surface area contributed by atoms with E-state index in [9.17, 15) is 14.4 Å².